The third-order valence-corrected chi connectivity index (χ3v) is 8.34. The van der Waals surface area contributed by atoms with Gasteiger partial charge in [-0.05, 0) is 44.3 Å². The molecule has 0 aliphatic carbocycles. The minimum atomic E-state index is 0.540. The molecule has 44 heavy (non-hydrogen) atoms. The smallest absolute Gasteiger partial charge is 0.189 e. The molecule has 0 aromatic carbocycles. The number of aromatic nitrogens is 8. The average molecular weight is 630 g/mol. The summed E-state index contributed by atoms with van der Waals surface area (Å²) in [5, 5.41) is 21.8. The molecule has 6 rings (SSSR count). The molecule has 12 nitrogen and oxygen atoms in total. The van der Waals surface area contributed by atoms with E-state index in [1.807, 2.05) is 61.9 Å². The highest BCUT2D eigenvalue weighted by molar-refractivity contribution is 7.16. The van der Waals surface area contributed by atoms with E-state index in [9.17, 15) is 0 Å². The van der Waals surface area contributed by atoms with Gasteiger partial charge in [0.2, 0.25) is 0 Å². The molecule has 4 N–H and O–H groups in total. The van der Waals surface area contributed by atoms with Crippen LogP contribution < -0.4 is 10.6 Å². The molecule has 0 aliphatic heterocycles. The number of aromatic amines is 2. The lowest BCUT2D eigenvalue weighted by Crippen LogP contribution is -2.21. The zero-order chi connectivity index (χ0) is 30.6. The van der Waals surface area contributed by atoms with Crippen LogP contribution in [0, 0.1) is 0 Å². The number of thiazole rings is 2. The number of anilines is 4. The maximum absolute atomic E-state index is 5.52. The molecule has 0 amide bonds. The molecular weight excluding hydrogens is 595 g/mol. The zero-order valence-corrected chi connectivity index (χ0v) is 26.5. The van der Waals surface area contributed by atoms with Crippen molar-refractivity contribution in [3.8, 4) is 22.5 Å². The second kappa shape index (κ2) is 15.8. The van der Waals surface area contributed by atoms with E-state index in [2.05, 4.69) is 64.7 Å². The van der Waals surface area contributed by atoms with Gasteiger partial charge in [0.25, 0.3) is 0 Å². The molecule has 0 fully saturated rings. The van der Waals surface area contributed by atoms with Gasteiger partial charge in [0, 0.05) is 53.9 Å². The standard InChI is InChI=1S/C16H20N6S.C14H15N5OS/c1-3-22(4-2)11-13-15(12-9-18-19-10-12)21-16(23-13)20-14-7-5-6-8-17-14;1-2-20-9-11-13(10-7-16-17-8-10)19-14(21-11)18-12-5-3-4-6-15-12/h5-10H,3-4,11H2,1-2H3,(H,18,19)(H,17,20,21);3-8H,2,9H2,1H3,(H,16,17)(H,15,18,19). The van der Waals surface area contributed by atoms with E-state index < -0.39 is 0 Å². The van der Waals surface area contributed by atoms with E-state index in [4.69, 9.17) is 9.72 Å². The number of rotatable bonds is 13. The van der Waals surface area contributed by atoms with Crippen LogP contribution in [0.2, 0.25) is 0 Å². The maximum Gasteiger partial charge on any atom is 0.189 e. The fourth-order valence-electron chi connectivity index (χ4n) is 4.16. The summed E-state index contributed by atoms with van der Waals surface area (Å²) in [5.41, 5.74) is 3.84. The van der Waals surface area contributed by atoms with Crippen LogP contribution in [0.3, 0.4) is 0 Å². The Balaban J connectivity index is 0.000000175. The molecule has 14 heteroatoms. The van der Waals surface area contributed by atoms with Crippen LogP contribution in [0.5, 0.6) is 0 Å². The molecule has 0 saturated carbocycles. The van der Waals surface area contributed by atoms with Crippen LogP contribution in [0.15, 0.2) is 73.6 Å². The largest absolute Gasteiger partial charge is 0.376 e. The quantitative estimate of drug-likeness (QED) is 0.109. The number of hydrogen-bond donors (Lipinski definition) is 4. The maximum atomic E-state index is 5.52. The van der Waals surface area contributed by atoms with E-state index in [1.165, 1.54) is 4.88 Å². The van der Waals surface area contributed by atoms with Crippen LogP contribution in [-0.4, -0.2) is 64.9 Å². The highest BCUT2D eigenvalue weighted by Crippen LogP contribution is 2.34. The minimum absolute atomic E-state index is 0.540. The summed E-state index contributed by atoms with van der Waals surface area (Å²) >= 11 is 3.23. The molecular formula is C30H35N11OS2. The monoisotopic (exact) mass is 629 g/mol. The molecule has 0 atom stereocenters. The average Bonchev–Trinajstić information content (AvgIpc) is 3.88. The van der Waals surface area contributed by atoms with Crippen LogP contribution >= 0.6 is 22.7 Å². The molecule has 228 valence electrons. The molecule has 0 aliphatic rings. The Kier molecular flexibility index (Phi) is 11.1. The molecule has 0 unspecified atom stereocenters. The van der Waals surface area contributed by atoms with Crippen molar-refractivity contribution in [2.24, 2.45) is 0 Å². The summed E-state index contributed by atoms with van der Waals surface area (Å²) in [4.78, 5) is 22.6. The molecule has 0 spiro atoms. The Morgan fingerprint density at radius 2 is 1.30 bits per heavy atom. The second-order valence-electron chi connectivity index (χ2n) is 9.33. The fraction of sp³-hybridized carbons (Fsp3) is 0.267. The summed E-state index contributed by atoms with van der Waals surface area (Å²) in [7, 11) is 0. The van der Waals surface area contributed by atoms with E-state index >= 15 is 0 Å². The van der Waals surface area contributed by atoms with Crippen LogP contribution in [0.4, 0.5) is 21.9 Å². The number of ether oxygens (including phenoxy) is 1. The Labute approximate surface area is 264 Å². The van der Waals surface area contributed by atoms with Gasteiger partial charge in [-0.2, -0.15) is 10.2 Å². The number of H-pyrrole nitrogens is 2. The fourth-order valence-corrected chi connectivity index (χ4v) is 6.13. The lowest BCUT2D eigenvalue weighted by atomic mass is 10.2. The highest BCUT2D eigenvalue weighted by Gasteiger charge is 2.17. The van der Waals surface area contributed by atoms with E-state index in [1.54, 1.807) is 41.3 Å². The lowest BCUT2D eigenvalue weighted by Gasteiger charge is -2.17. The van der Waals surface area contributed by atoms with Gasteiger partial charge in [0.15, 0.2) is 10.3 Å². The predicted octanol–water partition coefficient (Wildman–Crippen LogP) is 6.72. The lowest BCUT2D eigenvalue weighted by molar-refractivity contribution is 0.136. The van der Waals surface area contributed by atoms with Crippen molar-refractivity contribution in [2.75, 3.05) is 30.3 Å². The topological polar surface area (TPSA) is 145 Å². The molecule has 6 heterocycles. The van der Waals surface area contributed by atoms with Gasteiger partial charge in [-0.3, -0.25) is 15.1 Å². The number of nitrogens with zero attached hydrogens (tertiary/aromatic N) is 7. The van der Waals surface area contributed by atoms with Crippen molar-refractivity contribution in [3.05, 3.63) is 83.3 Å². The van der Waals surface area contributed by atoms with Crippen LogP contribution in [0.1, 0.15) is 30.5 Å². The molecule has 0 bridgehead atoms. The first-order valence-corrected chi connectivity index (χ1v) is 15.9. The predicted molar refractivity (Wildman–Crippen MR) is 176 cm³/mol. The number of nitrogens with one attached hydrogen (secondary N) is 4. The summed E-state index contributed by atoms with van der Waals surface area (Å²) in [6.45, 7) is 10.5. The second-order valence-corrected chi connectivity index (χ2v) is 11.5. The van der Waals surface area contributed by atoms with E-state index in [0.29, 0.717) is 13.2 Å². The van der Waals surface area contributed by atoms with Gasteiger partial charge in [0.05, 0.1) is 35.3 Å². The van der Waals surface area contributed by atoms with Crippen molar-refractivity contribution < 1.29 is 4.74 Å². The first-order chi connectivity index (χ1) is 21.7. The number of hydrogen-bond acceptors (Lipinski definition) is 12. The zero-order valence-electron chi connectivity index (χ0n) is 24.8. The molecule has 0 saturated heterocycles. The van der Waals surface area contributed by atoms with Gasteiger partial charge in [0.1, 0.15) is 11.6 Å². The van der Waals surface area contributed by atoms with Gasteiger partial charge in [-0.25, -0.2) is 19.9 Å². The Bertz CT molecular complexity index is 1650. The van der Waals surface area contributed by atoms with Crippen LogP contribution in [-0.2, 0) is 17.9 Å². The molecule has 6 aromatic rings. The van der Waals surface area contributed by atoms with Crippen molar-refractivity contribution >= 4 is 44.6 Å². The summed E-state index contributed by atoms with van der Waals surface area (Å²) in [6.07, 6.45) is 10.8. The summed E-state index contributed by atoms with van der Waals surface area (Å²) in [5.74, 6) is 1.57. The normalized spacial score (nSPS) is 10.9. The summed E-state index contributed by atoms with van der Waals surface area (Å²) in [6, 6.07) is 11.5. The molecule has 0 radical (unpaired) electrons. The van der Waals surface area contributed by atoms with Crippen molar-refractivity contribution in [1.82, 2.24) is 45.2 Å². The van der Waals surface area contributed by atoms with Gasteiger partial charge in [-0.15, -0.1) is 0 Å². The van der Waals surface area contributed by atoms with Gasteiger partial charge in [-0.1, -0.05) is 48.7 Å². The van der Waals surface area contributed by atoms with Crippen molar-refractivity contribution in [2.45, 2.75) is 33.9 Å². The van der Waals surface area contributed by atoms with Crippen molar-refractivity contribution in [1.29, 1.82) is 0 Å². The third kappa shape index (κ3) is 8.32. The SMILES string of the molecule is CCN(CC)Cc1sc(Nc2ccccn2)nc1-c1cn[nH]c1.CCOCc1sc(Nc2ccccn2)nc1-c1cn[nH]c1. The minimum Gasteiger partial charge on any atom is -0.376 e. The molecule has 6 aromatic heterocycles. The van der Waals surface area contributed by atoms with E-state index in [-0.39, 0.29) is 0 Å². The summed E-state index contributed by atoms with van der Waals surface area (Å²) < 4.78 is 5.52. The highest BCUT2D eigenvalue weighted by atomic mass is 32.1. The first-order valence-electron chi connectivity index (χ1n) is 14.3. The van der Waals surface area contributed by atoms with E-state index in [0.717, 1.165) is 68.9 Å². The number of pyridine rings is 2. The van der Waals surface area contributed by atoms with Gasteiger partial charge >= 0.3 is 0 Å². The van der Waals surface area contributed by atoms with Gasteiger partial charge < -0.3 is 15.4 Å². The van der Waals surface area contributed by atoms with Crippen LogP contribution in [0.25, 0.3) is 22.5 Å². The Morgan fingerprint density at radius 1 is 0.750 bits per heavy atom. The third-order valence-electron chi connectivity index (χ3n) is 6.44. The Morgan fingerprint density at radius 3 is 1.75 bits per heavy atom. The van der Waals surface area contributed by atoms with Crippen molar-refractivity contribution in [3.63, 3.8) is 0 Å². The Hall–Kier alpha value is -4.50. The first kappa shape index (κ1) is 30.9.